The van der Waals surface area contributed by atoms with E-state index < -0.39 is 0 Å². The second-order valence-electron chi connectivity index (χ2n) is 5.03. The number of H-pyrrole nitrogens is 1. The number of hydrogen-bond donors (Lipinski definition) is 2. The molecule has 0 aromatic carbocycles. The summed E-state index contributed by atoms with van der Waals surface area (Å²) in [7, 11) is 0. The van der Waals surface area contributed by atoms with Gasteiger partial charge in [0.15, 0.2) is 5.16 Å². The molecule has 1 aromatic heterocycles. The van der Waals surface area contributed by atoms with Crippen molar-refractivity contribution in [2.45, 2.75) is 31.0 Å². The number of nitrogens with one attached hydrogen (secondary N) is 2. The Labute approximate surface area is 129 Å². The van der Waals surface area contributed by atoms with Gasteiger partial charge in [-0.25, -0.2) is 4.98 Å². The molecule has 21 heavy (non-hydrogen) atoms. The van der Waals surface area contributed by atoms with E-state index in [9.17, 15) is 4.79 Å². The van der Waals surface area contributed by atoms with Crippen molar-refractivity contribution >= 4 is 17.7 Å². The second kappa shape index (κ2) is 9.01. The molecule has 2 heterocycles. The van der Waals surface area contributed by atoms with Crippen LogP contribution in [0.3, 0.4) is 0 Å². The van der Waals surface area contributed by atoms with E-state index >= 15 is 0 Å². The molecule has 1 fully saturated rings. The van der Waals surface area contributed by atoms with Gasteiger partial charge >= 0.3 is 0 Å². The molecule has 118 valence electrons. The van der Waals surface area contributed by atoms with Crippen molar-refractivity contribution in [3.05, 3.63) is 6.33 Å². The lowest BCUT2D eigenvalue weighted by Crippen LogP contribution is -2.42. The summed E-state index contributed by atoms with van der Waals surface area (Å²) in [5, 5.41) is 10.3. The van der Waals surface area contributed by atoms with E-state index in [0.29, 0.717) is 19.0 Å². The molecule has 8 heteroatoms. The van der Waals surface area contributed by atoms with Gasteiger partial charge in [-0.05, 0) is 13.3 Å². The van der Waals surface area contributed by atoms with Crippen molar-refractivity contribution in [1.82, 2.24) is 25.4 Å². The maximum Gasteiger partial charge on any atom is 0.220 e. The van der Waals surface area contributed by atoms with E-state index in [1.807, 2.05) is 0 Å². The SMILES string of the molecule is C[C@@H](CCC(=O)NCCSc1ncn[nH]1)N1CCOCC1. The molecule has 0 unspecified atom stereocenters. The molecule has 1 saturated heterocycles. The molecule has 7 nitrogen and oxygen atoms in total. The molecule has 1 atom stereocenters. The minimum atomic E-state index is 0.119. The Bertz CT molecular complexity index is 409. The third-order valence-electron chi connectivity index (χ3n) is 3.51. The monoisotopic (exact) mass is 313 g/mol. The summed E-state index contributed by atoms with van der Waals surface area (Å²) in [6, 6.07) is 0.434. The van der Waals surface area contributed by atoms with Crippen LogP contribution in [0.1, 0.15) is 19.8 Å². The van der Waals surface area contributed by atoms with Gasteiger partial charge in [0.05, 0.1) is 13.2 Å². The summed E-state index contributed by atoms with van der Waals surface area (Å²) >= 11 is 1.55. The molecule has 0 aliphatic carbocycles. The van der Waals surface area contributed by atoms with Crippen LogP contribution in [0, 0.1) is 0 Å². The highest BCUT2D eigenvalue weighted by molar-refractivity contribution is 7.99. The van der Waals surface area contributed by atoms with Crippen LogP contribution in [0.5, 0.6) is 0 Å². The smallest absolute Gasteiger partial charge is 0.220 e. The maximum absolute atomic E-state index is 11.8. The van der Waals surface area contributed by atoms with Gasteiger partial charge in [-0.2, -0.15) is 5.10 Å². The van der Waals surface area contributed by atoms with Crippen LogP contribution in [0.4, 0.5) is 0 Å². The number of nitrogens with zero attached hydrogens (tertiary/aromatic N) is 3. The van der Waals surface area contributed by atoms with Crippen molar-refractivity contribution in [2.24, 2.45) is 0 Å². The first-order valence-electron chi connectivity index (χ1n) is 7.32. The molecule has 1 amide bonds. The zero-order valence-corrected chi connectivity index (χ0v) is 13.2. The largest absolute Gasteiger partial charge is 0.379 e. The summed E-state index contributed by atoms with van der Waals surface area (Å²) in [5.41, 5.74) is 0. The number of hydrogen-bond acceptors (Lipinski definition) is 6. The summed E-state index contributed by atoms with van der Waals surface area (Å²) in [6.07, 6.45) is 2.94. The quantitative estimate of drug-likeness (QED) is 0.537. The molecule has 2 rings (SSSR count). The van der Waals surface area contributed by atoms with E-state index in [0.717, 1.165) is 43.6 Å². The minimum absolute atomic E-state index is 0.119. The van der Waals surface area contributed by atoms with Crippen molar-refractivity contribution in [3.63, 3.8) is 0 Å². The molecule has 0 bridgehead atoms. The lowest BCUT2D eigenvalue weighted by Gasteiger charge is -2.32. The maximum atomic E-state index is 11.8. The number of ether oxygens (including phenoxy) is 1. The van der Waals surface area contributed by atoms with Crippen LogP contribution >= 0.6 is 11.8 Å². The molecule has 0 saturated carbocycles. The Kier molecular flexibility index (Phi) is 6.98. The van der Waals surface area contributed by atoms with Crippen LogP contribution in [-0.4, -0.2) is 70.6 Å². The zero-order valence-electron chi connectivity index (χ0n) is 12.4. The van der Waals surface area contributed by atoms with Gasteiger partial charge in [-0.1, -0.05) is 11.8 Å². The minimum Gasteiger partial charge on any atom is -0.379 e. The number of carbonyl (C=O) groups is 1. The van der Waals surface area contributed by atoms with E-state index in [4.69, 9.17) is 4.74 Å². The first-order valence-corrected chi connectivity index (χ1v) is 8.31. The number of aromatic nitrogens is 3. The van der Waals surface area contributed by atoms with Crippen LogP contribution in [0.2, 0.25) is 0 Å². The number of thioether (sulfide) groups is 1. The average Bonchev–Trinajstić information content (AvgIpc) is 3.03. The van der Waals surface area contributed by atoms with Crippen molar-refractivity contribution in [2.75, 3.05) is 38.6 Å². The fourth-order valence-electron chi connectivity index (χ4n) is 2.23. The van der Waals surface area contributed by atoms with Crippen molar-refractivity contribution < 1.29 is 9.53 Å². The molecule has 1 aliphatic rings. The lowest BCUT2D eigenvalue weighted by atomic mass is 10.1. The van der Waals surface area contributed by atoms with E-state index in [1.54, 1.807) is 11.8 Å². The highest BCUT2D eigenvalue weighted by Crippen LogP contribution is 2.10. The normalized spacial score (nSPS) is 17.6. The van der Waals surface area contributed by atoms with Gasteiger partial charge in [0.1, 0.15) is 6.33 Å². The van der Waals surface area contributed by atoms with Crippen LogP contribution < -0.4 is 5.32 Å². The van der Waals surface area contributed by atoms with Gasteiger partial charge in [-0.15, -0.1) is 0 Å². The van der Waals surface area contributed by atoms with Crippen molar-refractivity contribution in [3.8, 4) is 0 Å². The first-order chi connectivity index (χ1) is 10.3. The van der Waals surface area contributed by atoms with Crippen molar-refractivity contribution in [1.29, 1.82) is 0 Å². The van der Waals surface area contributed by atoms with Crippen LogP contribution in [0.15, 0.2) is 11.5 Å². The fourth-order valence-corrected chi connectivity index (χ4v) is 2.87. The van der Waals surface area contributed by atoms with Crippen LogP contribution in [0.25, 0.3) is 0 Å². The topological polar surface area (TPSA) is 83.1 Å². The lowest BCUT2D eigenvalue weighted by molar-refractivity contribution is -0.121. The predicted octanol–water partition coefficient (Wildman–Crippen LogP) is 0.514. The highest BCUT2D eigenvalue weighted by atomic mass is 32.2. The summed E-state index contributed by atoms with van der Waals surface area (Å²) in [6.45, 7) is 6.37. The van der Waals surface area contributed by atoms with Gasteiger partial charge in [0, 0.05) is 37.8 Å². The fraction of sp³-hybridized carbons (Fsp3) is 0.769. The second-order valence-corrected chi connectivity index (χ2v) is 6.11. The average molecular weight is 313 g/mol. The van der Waals surface area contributed by atoms with Gasteiger partial charge in [0.2, 0.25) is 5.91 Å². The third kappa shape index (κ3) is 6.03. The molecular formula is C13H23N5O2S. The molecule has 1 aliphatic heterocycles. The van der Waals surface area contributed by atoms with Gasteiger partial charge in [0.25, 0.3) is 0 Å². The number of aromatic amines is 1. The van der Waals surface area contributed by atoms with E-state index in [-0.39, 0.29) is 5.91 Å². The standard InChI is InChI=1S/C13H23N5O2S/c1-11(18-5-7-20-8-6-18)2-3-12(19)14-4-9-21-13-15-10-16-17-13/h10-11H,2-9H2,1H3,(H,14,19)(H,15,16,17)/t11-/m0/s1. The summed E-state index contributed by atoms with van der Waals surface area (Å²) < 4.78 is 5.34. The summed E-state index contributed by atoms with van der Waals surface area (Å²) in [5.74, 6) is 0.910. The molecular weight excluding hydrogens is 290 g/mol. The number of morpholine rings is 1. The number of amides is 1. The Hall–Kier alpha value is -1.12. The van der Waals surface area contributed by atoms with Gasteiger partial charge < -0.3 is 10.1 Å². The third-order valence-corrected chi connectivity index (χ3v) is 4.39. The first kappa shape index (κ1) is 16.3. The number of carbonyl (C=O) groups excluding carboxylic acids is 1. The Morgan fingerprint density at radius 3 is 3.10 bits per heavy atom. The molecule has 0 radical (unpaired) electrons. The Balaban J connectivity index is 1.52. The summed E-state index contributed by atoms with van der Waals surface area (Å²) in [4.78, 5) is 18.2. The number of rotatable bonds is 8. The zero-order chi connectivity index (χ0) is 14.9. The Morgan fingerprint density at radius 2 is 2.38 bits per heavy atom. The Morgan fingerprint density at radius 1 is 1.57 bits per heavy atom. The predicted molar refractivity (Wildman–Crippen MR) is 81.2 cm³/mol. The highest BCUT2D eigenvalue weighted by Gasteiger charge is 2.17. The molecule has 0 spiro atoms. The van der Waals surface area contributed by atoms with Gasteiger partial charge in [-0.3, -0.25) is 14.8 Å². The van der Waals surface area contributed by atoms with E-state index in [2.05, 4.69) is 32.3 Å². The molecule has 1 aromatic rings. The van der Waals surface area contributed by atoms with E-state index in [1.165, 1.54) is 6.33 Å². The van der Waals surface area contributed by atoms with Crippen LogP contribution in [-0.2, 0) is 9.53 Å². The molecule has 2 N–H and O–H groups in total.